The first-order valence-corrected chi connectivity index (χ1v) is 9.74. The highest BCUT2D eigenvalue weighted by molar-refractivity contribution is 6.09. The van der Waals surface area contributed by atoms with Crippen LogP contribution in [0.5, 0.6) is 0 Å². The fraction of sp³-hybridized carbons (Fsp3) is 0.500. The lowest BCUT2D eigenvalue weighted by Crippen LogP contribution is -2.28. The molecule has 28 heavy (non-hydrogen) atoms. The second kappa shape index (κ2) is 6.05. The van der Waals surface area contributed by atoms with E-state index in [1.807, 2.05) is 31.3 Å². The van der Waals surface area contributed by atoms with Crippen LogP contribution < -0.4 is 5.32 Å². The summed E-state index contributed by atoms with van der Waals surface area (Å²) in [6.07, 6.45) is 8.57. The summed E-state index contributed by atoms with van der Waals surface area (Å²) >= 11 is 0. The van der Waals surface area contributed by atoms with Gasteiger partial charge in [0.2, 0.25) is 5.71 Å². The van der Waals surface area contributed by atoms with Crippen LogP contribution in [0.25, 0.3) is 11.1 Å². The van der Waals surface area contributed by atoms with Crippen LogP contribution in [-0.4, -0.2) is 49.2 Å². The van der Waals surface area contributed by atoms with Gasteiger partial charge in [0.05, 0.1) is 17.1 Å². The molecule has 1 saturated heterocycles. The van der Waals surface area contributed by atoms with Crippen molar-refractivity contribution >= 4 is 22.8 Å². The highest BCUT2D eigenvalue weighted by Gasteiger charge is 2.39. The Hall–Kier alpha value is -2.90. The quantitative estimate of drug-likeness (QED) is 0.749. The maximum atomic E-state index is 13.3. The largest absolute Gasteiger partial charge is 0.445 e. The van der Waals surface area contributed by atoms with Gasteiger partial charge in [0.1, 0.15) is 17.9 Å². The Balaban J connectivity index is 1.45. The number of nitrogens with one attached hydrogen (secondary N) is 1. The summed E-state index contributed by atoms with van der Waals surface area (Å²) in [4.78, 5) is 24.1. The molecule has 1 saturated carbocycles. The number of rotatable bonds is 4. The number of nitrogens with zero attached hydrogens (tertiary/aromatic N) is 5. The monoisotopic (exact) mass is 380 g/mol. The highest BCUT2D eigenvalue weighted by Crippen LogP contribution is 2.40. The maximum absolute atomic E-state index is 13.3. The van der Waals surface area contributed by atoms with Crippen molar-refractivity contribution in [2.24, 2.45) is 7.05 Å². The second-order valence-corrected chi connectivity index (χ2v) is 8.32. The van der Waals surface area contributed by atoms with Gasteiger partial charge < -0.3 is 14.6 Å². The third-order valence-electron chi connectivity index (χ3n) is 5.87. The Labute approximate surface area is 162 Å². The standard InChI is InChI=1S/C20H24N6O2/c1-12-22-17(24-20(2)5-6-20)16-15(11-28-18(16)23-12)19(27)26-7-4-13(10-26)14-8-21-25(3)9-14/h8-9,11,13H,4-7,10H2,1-3H3,(H,22,23,24). The van der Waals surface area contributed by atoms with E-state index in [0.29, 0.717) is 40.8 Å². The van der Waals surface area contributed by atoms with E-state index in [1.165, 1.54) is 11.8 Å². The average molecular weight is 380 g/mol. The van der Waals surface area contributed by atoms with E-state index >= 15 is 0 Å². The Morgan fingerprint density at radius 2 is 2.18 bits per heavy atom. The van der Waals surface area contributed by atoms with E-state index in [-0.39, 0.29) is 11.4 Å². The van der Waals surface area contributed by atoms with Crippen molar-refractivity contribution in [2.45, 2.75) is 44.6 Å². The van der Waals surface area contributed by atoms with Gasteiger partial charge in [0, 0.05) is 37.8 Å². The van der Waals surface area contributed by atoms with E-state index < -0.39 is 0 Å². The number of anilines is 1. The van der Waals surface area contributed by atoms with Crippen molar-refractivity contribution in [3.8, 4) is 0 Å². The molecule has 146 valence electrons. The number of hydrogen-bond donors (Lipinski definition) is 1. The highest BCUT2D eigenvalue weighted by atomic mass is 16.3. The zero-order valence-corrected chi connectivity index (χ0v) is 16.4. The van der Waals surface area contributed by atoms with Crippen LogP contribution in [0.15, 0.2) is 23.1 Å². The van der Waals surface area contributed by atoms with Gasteiger partial charge in [-0.3, -0.25) is 9.48 Å². The molecule has 5 rings (SSSR count). The first-order valence-electron chi connectivity index (χ1n) is 9.74. The van der Waals surface area contributed by atoms with Crippen molar-refractivity contribution in [3.05, 3.63) is 35.6 Å². The van der Waals surface area contributed by atoms with E-state index in [9.17, 15) is 4.79 Å². The zero-order chi connectivity index (χ0) is 19.5. The lowest BCUT2D eigenvalue weighted by molar-refractivity contribution is 0.0791. The van der Waals surface area contributed by atoms with Crippen LogP contribution in [0.3, 0.4) is 0 Å². The molecule has 8 heteroatoms. The van der Waals surface area contributed by atoms with Gasteiger partial charge in [-0.15, -0.1) is 0 Å². The predicted molar refractivity (Wildman–Crippen MR) is 104 cm³/mol. The van der Waals surface area contributed by atoms with Crippen LogP contribution in [-0.2, 0) is 7.05 Å². The Morgan fingerprint density at radius 1 is 1.36 bits per heavy atom. The summed E-state index contributed by atoms with van der Waals surface area (Å²) in [6, 6.07) is 0. The minimum Gasteiger partial charge on any atom is -0.445 e. The minimum atomic E-state index is -0.0263. The Bertz CT molecular complexity index is 1060. The van der Waals surface area contributed by atoms with Gasteiger partial charge in [-0.05, 0) is 38.7 Å². The van der Waals surface area contributed by atoms with E-state index in [4.69, 9.17) is 4.42 Å². The van der Waals surface area contributed by atoms with E-state index in [0.717, 1.165) is 25.8 Å². The van der Waals surface area contributed by atoms with Crippen molar-refractivity contribution in [1.82, 2.24) is 24.6 Å². The number of aryl methyl sites for hydroxylation is 2. The summed E-state index contributed by atoms with van der Waals surface area (Å²) in [7, 11) is 1.91. The molecule has 0 radical (unpaired) electrons. The van der Waals surface area contributed by atoms with Gasteiger partial charge in [-0.1, -0.05) is 0 Å². The number of amides is 1. The third kappa shape index (κ3) is 2.93. The smallest absolute Gasteiger partial charge is 0.257 e. The molecule has 1 aliphatic heterocycles. The number of carbonyl (C=O) groups excluding carboxylic acids is 1. The van der Waals surface area contributed by atoms with E-state index in [1.54, 1.807) is 4.68 Å². The lowest BCUT2D eigenvalue weighted by atomic mass is 10.0. The van der Waals surface area contributed by atoms with Crippen LogP contribution in [0.2, 0.25) is 0 Å². The fourth-order valence-corrected chi connectivity index (χ4v) is 3.93. The maximum Gasteiger partial charge on any atom is 0.257 e. The average Bonchev–Trinajstić information content (AvgIpc) is 3.08. The molecule has 4 heterocycles. The van der Waals surface area contributed by atoms with Gasteiger partial charge in [0.15, 0.2) is 0 Å². The molecule has 2 fully saturated rings. The molecule has 8 nitrogen and oxygen atoms in total. The Morgan fingerprint density at radius 3 is 2.89 bits per heavy atom. The normalized spacial score (nSPS) is 20.7. The summed E-state index contributed by atoms with van der Waals surface area (Å²) in [6.45, 7) is 5.41. The van der Waals surface area contributed by atoms with Gasteiger partial charge >= 0.3 is 0 Å². The SMILES string of the molecule is Cc1nc(NC2(C)CC2)c2c(C(=O)N3CCC(c4cnn(C)c4)C3)coc2n1. The molecular weight excluding hydrogens is 356 g/mol. The summed E-state index contributed by atoms with van der Waals surface area (Å²) in [5, 5.41) is 8.44. The molecule has 1 aliphatic carbocycles. The van der Waals surface area contributed by atoms with Gasteiger partial charge in [-0.2, -0.15) is 10.1 Å². The minimum absolute atomic E-state index is 0.0263. The van der Waals surface area contributed by atoms with Crippen LogP contribution >= 0.6 is 0 Å². The summed E-state index contributed by atoms with van der Waals surface area (Å²) in [5.41, 5.74) is 2.22. The number of fused-ring (bicyclic) bond motifs is 1. The molecule has 1 unspecified atom stereocenters. The molecule has 0 bridgehead atoms. The predicted octanol–water partition coefficient (Wildman–Crippen LogP) is 2.86. The van der Waals surface area contributed by atoms with Crippen molar-refractivity contribution in [1.29, 1.82) is 0 Å². The number of furan rings is 1. The molecular formula is C20H24N6O2. The van der Waals surface area contributed by atoms with Gasteiger partial charge in [-0.25, -0.2) is 4.98 Å². The number of aromatic nitrogens is 4. The number of carbonyl (C=O) groups is 1. The molecule has 2 aliphatic rings. The zero-order valence-electron chi connectivity index (χ0n) is 16.4. The van der Waals surface area contributed by atoms with Crippen molar-refractivity contribution in [2.75, 3.05) is 18.4 Å². The first-order chi connectivity index (χ1) is 13.4. The van der Waals surface area contributed by atoms with Crippen molar-refractivity contribution in [3.63, 3.8) is 0 Å². The fourth-order valence-electron chi connectivity index (χ4n) is 3.93. The Kier molecular flexibility index (Phi) is 3.72. The first kappa shape index (κ1) is 17.2. The summed E-state index contributed by atoms with van der Waals surface area (Å²) < 4.78 is 7.45. The molecule has 3 aromatic heterocycles. The van der Waals surface area contributed by atoms with Crippen LogP contribution in [0.1, 0.15) is 53.8 Å². The molecule has 1 amide bonds. The topological polar surface area (TPSA) is 89.1 Å². The summed E-state index contributed by atoms with van der Waals surface area (Å²) in [5.74, 6) is 1.62. The molecule has 1 atom stereocenters. The van der Waals surface area contributed by atoms with Crippen molar-refractivity contribution < 1.29 is 9.21 Å². The molecule has 0 aromatic carbocycles. The third-order valence-corrected chi connectivity index (χ3v) is 5.87. The van der Waals surface area contributed by atoms with E-state index in [2.05, 4.69) is 27.3 Å². The molecule has 3 aromatic rings. The molecule has 1 N–H and O–H groups in total. The lowest BCUT2D eigenvalue weighted by Gasteiger charge is -2.17. The van der Waals surface area contributed by atoms with Gasteiger partial charge in [0.25, 0.3) is 5.91 Å². The number of likely N-dealkylation sites (tertiary alicyclic amines) is 1. The second-order valence-electron chi connectivity index (χ2n) is 8.32. The molecule has 0 spiro atoms. The van der Waals surface area contributed by atoms with Crippen LogP contribution in [0.4, 0.5) is 5.82 Å². The number of hydrogen-bond acceptors (Lipinski definition) is 6. The van der Waals surface area contributed by atoms with Crippen LogP contribution in [0, 0.1) is 6.92 Å².